The van der Waals surface area contributed by atoms with Crippen LogP contribution in [-0.2, 0) is 4.79 Å². The molecule has 0 N–H and O–H groups in total. The number of fused-ring (bicyclic) bond motifs is 3. The minimum absolute atomic E-state index is 0.181. The zero-order chi connectivity index (χ0) is 10.3. The zero-order valence-electron chi connectivity index (χ0n) is 9.42. The van der Waals surface area contributed by atoms with E-state index in [0.717, 1.165) is 19.6 Å². The van der Waals surface area contributed by atoms with Crippen molar-refractivity contribution in [2.45, 2.75) is 26.8 Å². The smallest absolute Gasteiger partial charge is 0.137 e. The van der Waals surface area contributed by atoms with Crippen molar-refractivity contribution < 1.29 is 4.79 Å². The molecular formula is C11H20N2O. The predicted octanol–water partition coefficient (Wildman–Crippen LogP) is 0.601. The van der Waals surface area contributed by atoms with Crippen molar-refractivity contribution in [1.82, 2.24) is 9.80 Å². The van der Waals surface area contributed by atoms with Crippen LogP contribution in [0.5, 0.6) is 0 Å². The van der Waals surface area contributed by atoms with Crippen molar-refractivity contribution in [1.29, 1.82) is 0 Å². The fourth-order valence-corrected chi connectivity index (χ4v) is 2.54. The molecule has 3 rings (SSSR count). The van der Waals surface area contributed by atoms with Crippen molar-refractivity contribution in [2.24, 2.45) is 5.41 Å². The number of carbonyl (C=O) groups is 1. The van der Waals surface area contributed by atoms with Crippen LogP contribution >= 0.6 is 0 Å². The normalized spacial score (nSPS) is 37.2. The minimum atomic E-state index is -0.181. The molecule has 3 aliphatic heterocycles. The van der Waals surface area contributed by atoms with Gasteiger partial charge in [-0.05, 0) is 6.92 Å². The van der Waals surface area contributed by atoms with Crippen molar-refractivity contribution >= 4 is 5.78 Å². The van der Waals surface area contributed by atoms with Crippen LogP contribution in [0.1, 0.15) is 20.8 Å². The first kappa shape index (κ1) is 10.1. The van der Waals surface area contributed by atoms with Gasteiger partial charge in [0.1, 0.15) is 5.78 Å². The fourth-order valence-electron chi connectivity index (χ4n) is 2.54. The number of nitrogens with zero attached hydrogens (tertiary/aromatic N) is 2. The summed E-state index contributed by atoms with van der Waals surface area (Å²) in [5.74, 6) is 0.316. The second-order valence-corrected chi connectivity index (χ2v) is 5.13. The second-order valence-electron chi connectivity index (χ2n) is 5.13. The van der Waals surface area contributed by atoms with Crippen LogP contribution in [0.3, 0.4) is 0 Å². The number of piperazine rings is 3. The van der Waals surface area contributed by atoms with Gasteiger partial charge in [0.2, 0.25) is 0 Å². The Morgan fingerprint density at radius 2 is 1.79 bits per heavy atom. The molecule has 0 aromatic rings. The van der Waals surface area contributed by atoms with Gasteiger partial charge in [-0.15, -0.1) is 0 Å². The Balaban J connectivity index is 2.15. The van der Waals surface area contributed by atoms with E-state index in [9.17, 15) is 4.79 Å². The first-order valence-electron chi connectivity index (χ1n) is 5.49. The summed E-state index contributed by atoms with van der Waals surface area (Å²) in [6, 6.07) is 0.433. The number of Topliss-reactive ketones (excluding diaryl/α,β-unsaturated/α-hetero) is 1. The number of carbonyl (C=O) groups excluding carboxylic acids is 1. The molecule has 3 heterocycles. The quantitative estimate of drug-likeness (QED) is 0.646. The summed E-state index contributed by atoms with van der Waals surface area (Å²) in [6.45, 7) is 11.6. The highest BCUT2D eigenvalue weighted by Gasteiger charge is 2.43. The van der Waals surface area contributed by atoms with E-state index in [1.54, 1.807) is 6.92 Å². The molecule has 0 amide bonds. The predicted molar refractivity (Wildman–Crippen MR) is 56.3 cm³/mol. The lowest BCUT2D eigenvalue weighted by Gasteiger charge is -2.52. The molecule has 0 spiro atoms. The monoisotopic (exact) mass is 196 g/mol. The van der Waals surface area contributed by atoms with Crippen LogP contribution < -0.4 is 0 Å². The summed E-state index contributed by atoms with van der Waals surface area (Å²) in [6.07, 6.45) is 0. The summed E-state index contributed by atoms with van der Waals surface area (Å²) in [5, 5.41) is 0. The number of hydrogen-bond acceptors (Lipinski definition) is 3. The number of hydrogen-bond donors (Lipinski definition) is 0. The standard InChI is InChI=1S/C11H20N2O/c1-9(14)11(2,3)10-8-12-4-6-13(10)7-5-12/h10H,4-8H2,1-3H3. The molecule has 3 aliphatic rings. The highest BCUT2D eigenvalue weighted by molar-refractivity contribution is 5.82. The Labute approximate surface area is 86.1 Å². The van der Waals surface area contributed by atoms with Crippen molar-refractivity contribution in [3.63, 3.8) is 0 Å². The molecule has 14 heavy (non-hydrogen) atoms. The lowest BCUT2D eigenvalue weighted by atomic mass is 9.78. The Bertz CT molecular complexity index is 242. The van der Waals surface area contributed by atoms with E-state index in [1.165, 1.54) is 13.1 Å². The van der Waals surface area contributed by atoms with E-state index in [0.29, 0.717) is 11.8 Å². The highest BCUT2D eigenvalue weighted by Crippen LogP contribution is 2.31. The average Bonchev–Trinajstić information content (AvgIpc) is 2.19. The van der Waals surface area contributed by atoms with Gasteiger partial charge in [-0.3, -0.25) is 14.6 Å². The first-order chi connectivity index (χ1) is 6.51. The Hall–Kier alpha value is -0.410. The van der Waals surface area contributed by atoms with Crippen molar-refractivity contribution in [2.75, 3.05) is 32.7 Å². The van der Waals surface area contributed by atoms with Crippen LogP contribution in [0, 0.1) is 5.41 Å². The molecule has 0 saturated carbocycles. The van der Waals surface area contributed by atoms with Gasteiger partial charge >= 0.3 is 0 Å². The molecule has 1 unspecified atom stereocenters. The molecule has 0 aromatic carbocycles. The van der Waals surface area contributed by atoms with E-state index in [4.69, 9.17) is 0 Å². The van der Waals surface area contributed by atoms with E-state index >= 15 is 0 Å². The average molecular weight is 196 g/mol. The largest absolute Gasteiger partial charge is 0.299 e. The first-order valence-corrected chi connectivity index (χ1v) is 5.49. The summed E-state index contributed by atoms with van der Waals surface area (Å²) in [4.78, 5) is 16.6. The molecule has 3 nitrogen and oxygen atoms in total. The van der Waals surface area contributed by atoms with Crippen molar-refractivity contribution in [3.8, 4) is 0 Å². The molecule has 2 bridgehead atoms. The molecule has 0 aliphatic carbocycles. The Kier molecular flexibility index (Phi) is 2.40. The summed E-state index contributed by atoms with van der Waals surface area (Å²) in [5.41, 5.74) is -0.181. The van der Waals surface area contributed by atoms with Gasteiger partial charge in [0, 0.05) is 44.2 Å². The van der Waals surface area contributed by atoms with Crippen LogP contribution in [0.4, 0.5) is 0 Å². The zero-order valence-corrected chi connectivity index (χ0v) is 9.42. The van der Waals surface area contributed by atoms with Gasteiger partial charge in [0.05, 0.1) is 0 Å². The molecule has 3 saturated heterocycles. The van der Waals surface area contributed by atoms with Gasteiger partial charge in [-0.1, -0.05) is 13.8 Å². The van der Waals surface area contributed by atoms with E-state index in [2.05, 4.69) is 23.6 Å². The Morgan fingerprint density at radius 3 is 2.14 bits per heavy atom. The topological polar surface area (TPSA) is 23.6 Å². The summed E-state index contributed by atoms with van der Waals surface area (Å²) in [7, 11) is 0. The van der Waals surface area contributed by atoms with E-state index in [1.807, 2.05) is 0 Å². The van der Waals surface area contributed by atoms with Crippen LogP contribution in [-0.4, -0.2) is 54.3 Å². The third-order valence-corrected chi connectivity index (χ3v) is 4.02. The van der Waals surface area contributed by atoms with Crippen LogP contribution in [0.2, 0.25) is 0 Å². The maximum absolute atomic E-state index is 11.6. The maximum atomic E-state index is 11.6. The van der Waals surface area contributed by atoms with E-state index < -0.39 is 0 Å². The molecular weight excluding hydrogens is 176 g/mol. The fraction of sp³-hybridized carbons (Fsp3) is 0.909. The Morgan fingerprint density at radius 1 is 1.21 bits per heavy atom. The molecule has 0 aromatic heterocycles. The molecule has 1 atom stereocenters. The van der Waals surface area contributed by atoms with Crippen LogP contribution in [0.15, 0.2) is 0 Å². The lowest BCUT2D eigenvalue weighted by Crippen LogP contribution is -2.65. The maximum Gasteiger partial charge on any atom is 0.137 e. The minimum Gasteiger partial charge on any atom is -0.299 e. The molecule has 80 valence electrons. The number of ketones is 1. The number of rotatable bonds is 2. The van der Waals surface area contributed by atoms with Gasteiger partial charge in [0.25, 0.3) is 0 Å². The third-order valence-electron chi connectivity index (χ3n) is 4.02. The second kappa shape index (κ2) is 3.31. The molecule has 3 fully saturated rings. The van der Waals surface area contributed by atoms with Crippen LogP contribution in [0.25, 0.3) is 0 Å². The van der Waals surface area contributed by atoms with Gasteiger partial charge in [-0.2, -0.15) is 0 Å². The SMILES string of the molecule is CC(=O)C(C)(C)C1CN2CCN1CC2. The van der Waals surface area contributed by atoms with Crippen molar-refractivity contribution in [3.05, 3.63) is 0 Å². The summed E-state index contributed by atoms with van der Waals surface area (Å²) >= 11 is 0. The van der Waals surface area contributed by atoms with E-state index in [-0.39, 0.29) is 5.41 Å². The lowest BCUT2D eigenvalue weighted by molar-refractivity contribution is -0.133. The molecule has 0 radical (unpaired) electrons. The highest BCUT2D eigenvalue weighted by atomic mass is 16.1. The van der Waals surface area contributed by atoms with Gasteiger partial charge < -0.3 is 0 Å². The third kappa shape index (κ3) is 1.48. The summed E-state index contributed by atoms with van der Waals surface area (Å²) < 4.78 is 0. The van der Waals surface area contributed by atoms with Gasteiger partial charge in [-0.25, -0.2) is 0 Å². The van der Waals surface area contributed by atoms with Gasteiger partial charge in [0.15, 0.2) is 0 Å². The molecule has 3 heteroatoms.